The van der Waals surface area contributed by atoms with E-state index in [1.165, 1.54) is 18.4 Å². The Morgan fingerprint density at radius 1 is 0.966 bits per heavy atom. The van der Waals surface area contributed by atoms with Gasteiger partial charge in [-0.2, -0.15) is 0 Å². The summed E-state index contributed by atoms with van der Waals surface area (Å²) < 4.78 is 0. The Balaban J connectivity index is 1.49. The average Bonchev–Trinajstić information content (AvgIpc) is 3.42. The van der Waals surface area contributed by atoms with Crippen LogP contribution in [0.5, 0.6) is 0 Å². The fraction of sp³-hybridized carbons (Fsp3) is 0.440. The molecule has 1 saturated heterocycles. The molecule has 152 valence electrons. The largest absolute Gasteiger partial charge is 0.338 e. The summed E-state index contributed by atoms with van der Waals surface area (Å²) >= 11 is 0. The summed E-state index contributed by atoms with van der Waals surface area (Å²) in [5.41, 5.74) is 3.05. The maximum atomic E-state index is 13.5. The molecule has 2 fully saturated rings. The first-order valence-corrected chi connectivity index (χ1v) is 10.9. The van der Waals surface area contributed by atoms with Crippen molar-refractivity contribution in [2.24, 2.45) is 0 Å². The lowest BCUT2D eigenvalue weighted by molar-refractivity contribution is -0.128. The molecular weight excluding hydrogens is 360 g/mol. The molecule has 0 spiro atoms. The average molecular weight is 391 g/mol. The summed E-state index contributed by atoms with van der Waals surface area (Å²) in [5.74, 6) is 0.347. The zero-order chi connectivity index (χ0) is 20.1. The van der Waals surface area contributed by atoms with Crippen molar-refractivity contribution in [2.75, 3.05) is 13.1 Å². The highest BCUT2D eigenvalue weighted by Gasteiger charge is 2.27. The van der Waals surface area contributed by atoms with Gasteiger partial charge < -0.3 is 9.80 Å². The Kier molecular flexibility index (Phi) is 6.28. The van der Waals surface area contributed by atoms with Crippen molar-refractivity contribution in [3.8, 4) is 0 Å². The first-order valence-electron chi connectivity index (χ1n) is 10.9. The normalized spacial score (nSPS) is 17.1. The fourth-order valence-electron chi connectivity index (χ4n) is 4.62. The second kappa shape index (κ2) is 9.25. The fourth-order valence-corrected chi connectivity index (χ4v) is 4.62. The van der Waals surface area contributed by atoms with Crippen molar-refractivity contribution in [2.45, 2.75) is 57.5 Å². The number of rotatable bonds is 7. The number of carbonyl (C=O) groups excluding carboxylic acids is 2. The Labute approximate surface area is 173 Å². The van der Waals surface area contributed by atoms with E-state index in [2.05, 4.69) is 29.2 Å². The van der Waals surface area contributed by atoms with E-state index in [1.54, 1.807) is 0 Å². The van der Waals surface area contributed by atoms with Gasteiger partial charge in [-0.3, -0.25) is 9.59 Å². The summed E-state index contributed by atoms with van der Waals surface area (Å²) in [5, 5.41) is 0. The second-order valence-electron chi connectivity index (χ2n) is 8.29. The highest BCUT2D eigenvalue weighted by molar-refractivity contribution is 5.94. The number of benzene rings is 2. The predicted octanol–water partition coefficient (Wildman–Crippen LogP) is 4.44. The molecule has 2 amide bonds. The minimum Gasteiger partial charge on any atom is -0.338 e. The molecule has 0 bridgehead atoms. The number of hydrogen-bond acceptors (Lipinski definition) is 2. The van der Waals surface area contributed by atoms with Gasteiger partial charge in [0.2, 0.25) is 5.91 Å². The van der Waals surface area contributed by atoms with Gasteiger partial charge in [-0.15, -0.1) is 0 Å². The molecule has 1 heterocycles. The molecule has 0 aromatic heterocycles. The standard InChI is InChI=1S/C25H30N2O2/c28-24-14-7-16-26(24)19-21-10-6-11-22(18-21)25(29)27(23-12-4-5-13-23)17-15-20-8-2-1-3-9-20/h1-3,6,8-11,18,23H,4-5,7,12-17,19H2. The molecule has 0 unspecified atom stereocenters. The molecule has 4 heteroatoms. The van der Waals surface area contributed by atoms with Gasteiger partial charge in [0.05, 0.1) is 0 Å². The quantitative estimate of drug-likeness (QED) is 0.701. The van der Waals surface area contributed by atoms with Crippen LogP contribution in [0.4, 0.5) is 0 Å². The van der Waals surface area contributed by atoms with Gasteiger partial charge in [0, 0.05) is 37.7 Å². The topological polar surface area (TPSA) is 40.6 Å². The van der Waals surface area contributed by atoms with Gasteiger partial charge in [0.15, 0.2) is 0 Å². The van der Waals surface area contributed by atoms with Crippen molar-refractivity contribution >= 4 is 11.8 Å². The van der Waals surface area contributed by atoms with Gasteiger partial charge >= 0.3 is 0 Å². The summed E-state index contributed by atoms with van der Waals surface area (Å²) in [7, 11) is 0. The molecule has 1 saturated carbocycles. The molecule has 1 aliphatic carbocycles. The van der Waals surface area contributed by atoms with Gasteiger partial charge in [-0.25, -0.2) is 0 Å². The van der Waals surface area contributed by atoms with Gasteiger partial charge in [0.1, 0.15) is 0 Å². The van der Waals surface area contributed by atoms with Crippen LogP contribution in [-0.4, -0.2) is 40.7 Å². The third-order valence-electron chi connectivity index (χ3n) is 6.23. The van der Waals surface area contributed by atoms with E-state index in [-0.39, 0.29) is 11.8 Å². The van der Waals surface area contributed by atoms with Gasteiger partial charge in [-0.05, 0) is 48.9 Å². The molecule has 2 aliphatic rings. The summed E-state index contributed by atoms with van der Waals surface area (Å²) in [4.78, 5) is 29.4. The number of hydrogen-bond donors (Lipinski definition) is 0. The number of nitrogens with zero attached hydrogens (tertiary/aromatic N) is 2. The highest BCUT2D eigenvalue weighted by atomic mass is 16.2. The van der Waals surface area contributed by atoms with Crippen LogP contribution in [0.3, 0.4) is 0 Å². The molecular formula is C25H30N2O2. The lowest BCUT2D eigenvalue weighted by Crippen LogP contribution is -2.40. The lowest BCUT2D eigenvalue weighted by Gasteiger charge is -2.29. The maximum absolute atomic E-state index is 13.5. The Hall–Kier alpha value is -2.62. The van der Waals surface area contributed by atoms with E-state index in [0.29, 0.717) is 19.0 Å². The van der Waals surface area contributed by atoms with Crippen molar-refractivity contribution in [3.63, 3.8) is 0 Å². The Morgan fingerprint density at radius 2 is 1.72 bits per heavy atom. The third kappa shape index (κ3) is 4.87. The van der Waals surface area contributed by atoms with Crippen LogP contribution < -0.4 is 0 Å². The molecule has 2 aromatic rings. The molecule has 4 rings (SSSR count). The second-order valence-corrected chi connectivity index (χ2v) is 8.29. The monoisotopic (exact) mass is 390 g/mol. The number of carbonyl (C=O) groups is 2. The molecule has 4 nitrogen and oxygen atoms in total. The third-order valence-corrected chi connectivity index (χ3v) is 6.23. The Bertz CT molecular complexity index is 843. The van der Waals surface area contributed by atoms with Crippen LogP contribution in [0.2, 0.25) is 0 Å². The van der Waals surface area contributed by atoms with E-state index < -0.39 is 0 Å². The first-order chi connectivity index (χ1) is 14.2. The first kappa shape index (κ1) is 19.7. The van der Waals surface area contributed by atoms with Gasteiger partial charge in [-0.1, -0.05) is 55.3 Å². The van der Waals surface area contributed by atoms with E-state index in [4.69, 9.17) is 0 Å². The van der Waals surface area contributed by atoms with Crippen LogP contribution in [0, 0.1) is 0 Å². The van der Waals surface area contributed by atoms with E-state index in [0.717, 1.165) is 49.9 Å². The van der Waals surface area contributed by atoms with Crippen molar-refractivity contribution in [1.82, 2.24) is 9.80 Å². The molecule has 2 aromatic carbocycles. The van der Waals surface area contributed by atoms with E-state index in [1.807, 2.05) is 35.2 Å². The van der Waals surface area contributed by atoms with Crippen LogP contribution in [0.1, 0.15) is 60.0 Å². The van der Waals surface area contributed by atoms with Gasteiger partial charge in [0.25, 0.3) is 5.91 Å². The lowest BCUT2D eigenvalue weighted by atomic mass is 10.1. The van der Waals surface area contributed by atoms with Crippen LogP contribution >= 0.6 is 0 Å². The summed E-state index contributed by atoms with van der Waals surface area (Å²) in [6.45, 7) is 2.18. The SMILES string of the molecule is O=C1CCCN1Cc1cccc(C(=O)N(CCc2ccccc2)C2CCCC2)c1. The van der Waals surface area contributed by atoms with Crippen LogP contribution in [-0.2, 0) is 17.8 Å². The smallest absolute Gasteiger partial charge is 0.254 e. The minimum atomic E-state index is 0.127. The summed E-state index contributed by atoms with van der Waals surface area (Å²) in [6.07, 6.45) is 7.07. The summed E-state index contributed by atoms with van der Waals surface area (Å²) in [6, 6.07) is 18.6. The van der Waals surface area contributed by atoms with Crippen LogP contribution in [0.15, 0.2) is 54.6 Å². The zero-order valence-electron chi connectivity index (χ0n) is 17.1. The maximum Gasteiger partial charge on any atom is 0.254 e. The van der Waals surface area contributed by atoms with E-state index >= 15 is 0 Å². The molecule has 0 N–H and O–H groups in total. The number of likely N-dealkylation sites (tertiary alicyclic amines) is 1. The molecule has 0 atom stereocenters. The van der Waals surface area contributed by atoms with Crippen molar-refractivity contribution in [1.29, 1.82) is 0 Å². The highest BCUT2D eigenvalue weighted by Crippen LogP contribution is 2.26. The van der Waals surface area contributed by atoms with Crippen molar-refractivity contribution in [3.05, 3.63) is 71.3 Å². The number of amides is 2. The van der Waals surface area contributed by atoms with Crippen molar-refractivity contribution < 1.29 is 9.59 Å². The minimum absolute atomic E-state index is 0.127. The van der Waals surface area contributed by atoms with Crippen LogP contribution in [0.25, 0.3) is 0 Å². The molecule has 0 radical (unpaired) electrons. The molecule has 29 heavy (non-hydrogen) atoms. The zero-order valence-corrected chi connectivity index (χ0v) is 17.1. The predicted molar refractivity (Wildman–Crippen MR) is 115 cm³/mol. The molecule has 1 aliphatic heterocycles. The Morgan fingerprint density at radius 3 is 2.45 bits per heavy atom. The van der Waals surface area contributed by atoms with E-state index in [9.17, 15) is 9.59 Å².